The van der Waals surface area contributed by atoms with Crippen molar-refractivity contribution >= 4 is 65.6 Å². The predicted octanol–water partition coefficient (Wildman–Crippen LogP) is 5.67. The summed E-state index contributed by atoms with van der Waals surface area (Å²) in [5.74, 6) is -0.774. The second kappa shape index (κ2) is 13.3. The number of hydrogen-bond donors (Lipinski definition) is 2. The Bertz CT molecular complexity index is 1440. The van der Waals surface area contributed by atoms with E-state index in [-0.39, 0.29) is 18.9 Å². The van der Waals surface area contributed by atoms with Crippen LogP contribution in [0.25, 0.3) is 34.2 Å². The molecule has 0 fully saturated rings. The monoisotopic (exact) mass is 504 g/mol. The first-order chi connectivity index (χ1) is 17.5. The number of benzene rings is 3. The fraction of sp³-hybridized carbons (Fsp3) is 0.167. The standard InChI is InChI=1S/C30H28N2O3S.Li.H/c1-20-7-3-5-9-24(20)26-18-21(11-12-22-17-23-8-4-6-10-27(23)31-19-22)13-14-25(26)29(33)32-28(30(34)35)15-16-36-2;;/h3-14,17-19,28H,15-16H2,1-2H3,(H,32,33)(H,34,35);;/t28-;;/m0../s1. The van der Waals surface area contributed by atoms with Gasteiger partial charge in [-0.2, -0.15) is 11.8 Å². The second-order valence-electron chi connectivity index (χ2n) is 8.56. The van der Waals surface area contributed by atoms with Crippen LogP contribution in [0, 0.1) is 6.92 Å². The predicted molar refractivity (Wildman–Crippen MR) is 156 cm³/mol. The Morgan fingerprint density at radius 2 is 1.70 bits per heavy atom. The molecular formula is C30H29LiN2O3S. The van der Waals surface area contributed by atoms with Gasteiger partial charge in [-0.15, -0.1) is 0 Å². The number of amides is 1. The molecule has 0 saturated carbocycles. The van der Waals surface area contributed by atoms with E-state index in [0.717, 1.165) is 38.7 Å². The van der Waals surface area contributed by atoms with E-state index in [2.05, 4.69) is 16.4 Å². The Morgan fingerprint density at radius 1 is 0.973 bits per heavy atom. The molecule has 5 nitrogen and oxygen atoms in total. The van der Waals surface area contributed by atoms with E-state index in [4.69, 9.17) is 0 Å². The average molecular weight is 505 g/mol. The Kier molecular flexibility index (Phi) is 10.2. The molecule has 7 heteroatoms. The van der Waals surface area contributed by atoms with Gasteiger partial charge in [0.15, 0.2) is 0 Å². The number of aromatic nitrogens is 1. The third-order valence-electron chi connectivity index (χ3n) is 6.02. The molecule has 37 heavy (non-hydrogen) atoms. The number of rotatable bonds is 9. The quantitative estimate of drug-likeness (QED) is 0.287. The Morgan fingerprint density at radius 3 is 2.46 bits per heavy atom. The normalized spacial score (nSPS) is 11.7. The molecule has 0 radical (unpaired) electrons. The third-order valence-corrected chi connectivity index (χ3v) is 6.66. The number of carboxylic acids is 1. The molecule has 4 rings (SSSR count). The van der Waals surface area contributed by atoms with Crippen LogP contribution < -0.4 is 5.32 Å². The Hall–Kier alpha value is -3.30. The molecule has 1 atom stereocenters. The first-order valence-electron chi connectivity index (χ1n) is 11.7. The number of aliphatic carboxylic acids is 1. The number of carbonyl (C=O) groups excluding carboxylic acids is 1. The van der Waals surface area contributed by atoms with Crippen LogP contribution in [0.2, 0.25) is 0 Å². The topological polar surface area (TPSA) is 79.3 Å². The summed E-state index contributed by atoms with van der Waals surface area (Å²) in [6, 6.07) is 22.6. The zero-order chi connectivity index (χ0) is 25.5. The van der Waals surface area contributed by atoms with Gasteiger partial charge in [-0.3, -0.25) is 9.78 Å². The maximum absolute atomic E-state index is 13.2. The van der Waals surface area contributed by atoms with E-state index in [1.165, 1.54) is 0 Å². The van der Waals surface area contributed by atoms with Gasteiger partial charge in [0.2, 0.25) is 0 Å². The molecule has 0 aliphatic rings. The Labute approximate surface area is 233 Å². The average Bonchev–Trinajstić information content (AvgIpc) is 2.89. The zero-order valence-corrected chi connectivity index (χ0v) is 21.1. The van der Waals surface area contributed by atoms with Crippen molar-refractivity contribution in [3.8, 4) is 11.1 Å². The minimum atomic E-state index is -1.03. The fourth-order valence-corrected chi connectivity index (χ4v) is 4.53. The molecular weight excluding hydrogens is 475 g/mol. The van der Waals surface area contributed by atoms with E-state index < -0.39 is 17.9 Å². The first kappa shape index (κ1) is 28.3. The summed E-state index contributed by atoms with van der Waals surface area (Å²) in [7, 11) is 0. The molecule has 184 valence electrons. The van der Waals surface area contributed by atoms with Crippen LogP contribution in [-0.4, -0.2) is 58.9 Å². The number of thioether (sulfide) groups is 1. The molecule has 0 aliphatic carbocycles. The van der Waals surface area contributed by atoms with E-state index in [9.17, 15) is 14.7 Å². The van der Waals surface area contributed by atoms with Gasteiger partial charge in [0.1, 0.15) is 6.04 Å². The molecule has 0 unspecified atom stereocenters. The number of pyridine rings is 1. The van der Waals surface area contributed by atoms with E-state index in [0.29, 0.717) is 17.7 Å². The minimum absolute atomic E-state index is 0. The van der Waals surface area contributed by atoms with Crippen molar-refractivity contribution < 1.29 is 14.7 Å². The molecule has 3 aromatic carbocycles. The van der Waals surface area contributed by atoms with Crippen LogP contribution in [0.5, 0.6) is 0 Å². The van der Waals surface area contributed by atoms with Gasteiger partial charge < -0.3 is 10.4 Å². The Balaban J connectivity index is 0.00000380. The van der Waals surface area contributed by atoms with Crippen molar-refractivity contribution in [2.75, 3.05) is 12.0 Å². The van der Waals surface area contributed by atoms with E-state index in [1.807, 2.05) is 92.2 Å². The van der Waals surface area contributed by atoms with Crippen molar-refractivity contribution in [3.63, 3.8) is 0 Å². The van der Waals surface area contributed by atoms with Crippen LogP contribution in [0.3, 0.4) is 0 Å². The van der Waals surface area contributed by atoms with Gasteiger partial charge in [-0.1, -0.05) is 60.7 Å². The third kappa shape index (κ3) is 7.14. The van der Waals surface area contributed by atoms with E-state index in [1.54, 1.807) is 17.8 Å². The van der Waals surface area contributed by atoms with Crippen LogP contribution in [0.4, 0.5) is 0 Å². The van der Waals surface area contributed by atoms with Crippen molar-refractivity contribution in [1.29, 1.82) is 0 Å². The van der Waals surface area contributed by atoms with Gasteiger partial charge >= 0.3 is 24.8 Å². The van der Waals surface area contributed by atoms with Crippen molar-refractivity contribution in [3.05, 3.63) is 101 Å². The van der Waals surface area contributed by atoms with Crippen LogP contribution in [0.1, 0.15) is 33.5 Å². The molecule has 0 bridgehead atoms. The first-order valence-corrected chi connectivity index (χ1v) is 13.1. The van der Waals surface area contributed by atoms with Crippen molar-refractivity contribution in [2.24, 2.45) is 0 Å². The molecule has 1 aromatic heterocycles. The summed E-state index contributed by atoms with van der Waals surface area (Å²) in [4.78, 5) is 29.5. The number of nitrogens with one attached hydrogen (secondary N) is 1. The molecule has 1 heterocycles. The molecule has 4 aromatic rings. The number of carboxylic acid groups (broad SMARTS) is 1. The molecule has 2 N–H and O–H groups in total. The van der Waals surface area contributed by atoms with Crippen LogP contribution in [-0.2, 0) is 4.79 Å². The summed E-state index contributed by atoms with van der Waals surface area (Å²) >= 11 is 1.55. The van der Waals surface area contributed by atoms with Gasteiger partial charge in [-0.05, 0) is 77.4 Å². The van der Waals surface area contributed by atoms with E-state index >= 15 is 0 Å². The number of fused-ring (bicyclic) bond motifs is 1. The van der Waals surface area contributed by atoms with Crippen molar-refractivity contribution in [2.45, 2.75) is 19.4 Å². The second-order valence-corrected chi connectivity index (χ2v) is 9.55. The molecule has 0 saturated heterocycles. The van der Waals surface area contributed by atoms with Gasteiger partial charge in [0.05, 0.1) is 5.52 Å². The van der Waals surface area contributed by atoms with Crippen LogP contribution >= 0.6 is 11.8 Å². The summed E-state index contributed by atoms with van der Waals surface area (Å²) < 4.78 is 0. The van der Waals surface area contributed by atoms with Gasteiger partial charge in [-0.25, -0.2) is 4.79 Å². The summed E-state index contributed by atoms with van der Waals surface area (Å²) in [6.45, 7) is 2.00. The fourth-order valence-electron chi connectivity index (χ4n) is 4.06. The SMILES string of the molecule is CSCC[C@H](NC(=O)c1ccc(C=Cc2cnc3ccccc3c2)cc1-c1ccccc1C)C(=O)O.[LiH]. The molecule has 0 aliphatic heterocycles. The zero-order valence-electron chi connectivity index (χ0n) is 20.3. The number of nitrogens with zero attached hydrogens (tertiary/aromatic N) is 1. The number of hydrogen-bond acceptors (Lipinski definition) is 4. The number of para-hydroxylation sites is 1. The summed E-state index contributed by atoms with van der Waals surface area (Å²) in [6.07, 6.45) is 8.11. The van der Waals surface area contributed by atoms with Crippen molar-refractivity contribution in [1.82, 2.24) is 10.3 Å². The van der Waals surface area contributed by atoms with Crippen LogP contribution in [0.15, 0.2) is 79.0 Å². The van der Waals surface area contributed by atoms with Gasteiger partial charge in [0.25, 0.3) is 5.91 Å². The maximum atomic E-state index is 13.2. The number of aryl methyl sites for hydroxylation is 1. The molecule has 1 amide bonds. The summed E-state index contributed by atoms with van der Waals surface area (Å²) in [5, 5.41) is 13.4. The molecule has 0 spiro atoms. The summed E-state index contributed by atoms with van der Waals surface area (Å²) in [5.41, 5.74) is 6.03. The number of carbonyl (C=O) groups is 2. The van der Waals surface area contributed by atoms with Gasteiger partial charge in [0, 0.05) is 17.1 Å².